The van der Waals surface area contributed by atoms with Crippen molar-refractivity contribution in [2.75, 3.05) is 20.8 Å². The average Bonchev–Trinajstić information content (AvgIpc) is 2.55. The van der Waals surface area contributed by atoms with Gasteiger partial charge in [0.15, 0.2) is 0 Å². The third-order valence-electron chi connectivity index (χ3n) is 2.96. The number of hydrogen-bond acceptors (Lipinski definition) is 5. The first-order chi connectivity index (χ1) is 10.7. The SMILES string of the molecule is CCOC(=O)c1cc(Sc2ccc(OC)cc2)ccc1OC. The van der Waals surface area contributed by atoms with Crippen LogP contribution in [0, 0.1) is 0 Å². The maximum Gasteiger partial charge on any atom is 0.341 e. The number of esters is 1. The van der Waals surface area contributed by atoms with E-state index in [1.165, 1.54) is 7.11 Å². The Bertz CT molecular complexity index is 638. The lowest BCUT2D eigenvalue weighted by Gasteiger charge is -2.10. The minimum absolute atomic E-state index is 0.331. The van der Waals surface area contributed by atoms with E-state index in [1.807, 2.05) is 30.3 Å². The second kappa shape index (κ2) is 7.75. The van der Waals surface area contributed by atoms with Gasteiger partial charge in [-0.3, -0.25) is 0 Å². The number of benzene rings is 2. The molecule has 0 amide bonds. The van der Waals surface area contributed by atoms with Crippen molar-refractivity contribution in [3.8, 4) is 11.5 Å². The summed E-state index contributed by atoms with van der Waals surface area (Å²) in [4.78, 5) is 14.0. The highest BCUT2D eigenvalue weighted by Crippen LogP contribution is 2.32. The molecule has 116 valence electrons. The van der Waals surface area contributed by atoms with E-state index in [4.69, 9.17) is 14.2 Å². The Labute approximate surface area is 134 Å². The van der Waals surface area contributed by atoms with Crippen LogP contribution in [0.4, 0.5) is 0 Å². The second-order valence-electron chi connectivity index (χ2n) is 4.36. The van der Waals surface area contributed by atoms with Crippen LogP contribution >= 0.6 is 11.8 Å². The smallest absolute Gasteiger partial charge is 0.341 e. The van der Waals surface area contributed by atoms with Gasteiger partial charge in [-0.25, -0.2) is 4.79 Å². The molecule has 0 aliphatic heterocycles. The van der Waals surface area contributed by atoms with Crippen molar-refractivity contribution in [2.24, 2.45) is 0 Å². The lowest BCUT2D eigenvalue weighted by molar-refractivity contribution is 0.0522. The first-order valence-corrected chi connectivity index (χ1v) is 7.66. The van der Waals surface area contributed by atoms with Crippen molar-refractivity contribution in [3.05, 3.63) is 48.0 Å². The molecule has 0 radical (unpaired) electrons. The van der Waals surface area contributed by atoms with Crippen molar-refractivity contribution in [3.63, 3.8) is 0 Å². The number of carbonyl (C=O) groups excluding carboxylic acids is 1. The Hall–Kier alpha value is -2.14. The molecule has 0 aliphatic carbocycles. The fourth-order valence-electron chi connectivity index (χ4n) is 1.90. The Morgan fingerprint density at radius 1 is 1.00 bits per heavy atom. The Kier molecular flexibility index (Phi) is 5.72. The molecule has 0 heterocycles. The zero-order chi connectivity index (χ0) is 15.9. The van der Waals surface area contributed by atoms with Gasteiger partial charge < -0.3 is 14.2 Å². The zero-order valence-electron chi connectivity index (χ0n) is 12.8. The van der Waals surface area contributed by atoms with E-state index < -0.39 is 0 Å². The summed E-state index contributed by atoms with van der Waals surface area (Å²) in [5.74, 6) is 0.945. The molecule has 0 saturated carbocycles. The molecule has 5 heteroatoms. The van der Waals surface area contributed by atoms with E-state index in [0.717, 1.165) is 15.5 Å². The van der Waals surface area contributed by atoms with E-state index in [-0.39, 0.29) is 5.97 Å². The molecule has 0 spiro atoms. The topological polar surface area (TPSA) is 44.8 Å². The summed E-state index contributed by atoms with van der Waals surface area (Å²) in [5.41, 5.74) is 0.433. The first kappa shape index (κ1) is 16.2. The highest BCUT2D eigenvalue weighted by Gasteiger charge is 2.14. The molecule has 0 N–H and O–H groups in total. The third-order valence-corrected chi connectivity index (χ3v) is 3.96. The fourth-order valence-corrected chi connectivity index (χ4v) is 2.76. The number of rotatable bonds is 6. The normalized spacial score (nSPS) is 10.1. The highest BCUT2D eigenvalue weighted by molar-refractivity contribution is 7.99. The van der Waals surface area contributed by atoms with Crippen molar-refractivity contribution in [2.45, 2.75) is 16.7 Å². The van der Waals surface area contributed by atoms with Crippen molar-refractivity contribution in [1.29, 1.82) is 0 Å². The van der Waals surface area contributed by atoms with Gasteiger partial charge in [-0.2, -0.15) is 0 Å². The summed E-state index contributed by atoms with van der Waals surface area (Å²) in [6.07, 6.45) is 0. The van der Waals surface area contributed by atoms with Gasteiger partial charge >= 0.3 is 5.97 Å². The zero-order valence-corrected chi connectivity index (χ0v) is 13.6. The quantitative estimate of drug-likeness (QED) is 0.752. The molecule has 0 aliphatic rings. The molecule has 0 aromatic heterocycles. The molecule has 0 saturated heterocycles. The molecule has 2 aromatic rings. The maximum atomic E-state index is 12.0. The number of ether oxygens (including phenoxy) is 3. The minimum Gasteiger partial charge on any atom is -0.497 e. The van der Waals surface area contributed by atoms with Crippen LogP contribution in [0.5, 0.6) is 11.5 Å². The van der Waals surface area contributed by atoms with Crippen molar-refractivity contribution >= 4 is 17.7 Å². The Morgan fingerprint density at radius 3 is 2.27 bits per heavy atom. The van der Waals surface area contributed by atoms with Gasteiger partial charge in [-0.05, 0) is 49.4 Å². The van der Waals surface area contributed by atoms with Gasteiger partial charge in [0.2, 0.25) is 0 Å². The average molecular weight is 318 g/mol. The molecule has 0 fully saturated rings. The van der Waals surface area contributed by atoms with E-state index in [0.29, 0.717) is 17.9 Å². The van der Waals surface area contributed by atoms with Crippen LogP contribution in [0.25, 0.3) is 0 Å². The number of carbonyl (C=O) groups is 1. The first-order valence-electron chi connectivity index (χ1n) is 6.85. The summed E-state index contributed by atoms with van der Waals surface area (Å²) in [7, 11) is 3.17. The summed E-state index contributed by atoms with van der Waals surface area (Å²) >= 11 is 1.56. The third kappa shape index (κ3) is 3.95. The Balaban J connectivity index is 2.23. The monoisotopic (exact) mass is 318 g/mol. The van der Waals surface area contributed by atoms with Crippen LogP contribution in [-0.2, 0) is 4.74 Å². The van der Waals surface area contributed by atoms with Gasteiger partial charge in [-0.1, -0.05) is 11.8 Å². The fraction of sp³-hybridized carbons (Fsp3) is 0.235. The van der Waals surface area contributed by atoms with E-state index in [1.54, 1.807) is 37.9 Å². The number of methoxy groups -OCH3 is 2. The largest absolute Gasteiger partial charge is 0.497 e. The van der Waals surface area contributed by atoms with Gasteiger partial charge in [-0.15, -0.1) is 0 Å². The van der Waals surface area contributed by atoms with E-state index in [9.17, 15) is 4.79 Å². The van der Waals surface area contributed by atoms with Crippen LogP contribution in [0.3, 0.4) is 0 Å². The van der Waals surface area contributed by atoms with Crippen LogP contribution in [0.1, 0.15) is 17.3 Å². The van der Waals surface area contributed by atoms with Crippen LogP contribution in [0.2, 0.25) is 0 Å². The standard InChI is InChI=1S/C17H18O4S/c1-4-21-17(18)15-11-14(9-10-16(15)20-3)22-13-7-5-12(19-2)6-8-13/h5-11H,4H2,1-3H3. The summed E-state index contributed by atoms with van der Waals surface area (Å²) in [6, 6.07) is 13.2. The van der Waals surface area contributed by atoms with E-state index >= 15 is 0 Å². The van der Waals surface area contributed by atoms with Crippen LogP contribution in [0.15, 0.2) is 52.3 Å². The van der Waals surface area contributed by atoms with Crippen LogP contribution in [-0.4, -0.2) is 26.8 Å². The van der Waals surface area contributed by atoms with Gasteiger partial charge in [0.25, 0.3) is 0 Å². The van der Waals surface area contributed by atoms with Crippen molar-refractivity contribution in [1.82, 2.24) is 0 Å². The molecule has 22 heavy (non-hydrogen) atoms. The highest BCUT2D eigenvalue weighted by atomic mass is 32.2. The molecule has 4 nitrogen and oxygen atoms in total. The summed E-state index contributed by atoms with van der Waals surface area (Å²) in [6.45, 7) is 2.11. The lowest BCUT2D eigenvalue weighted by Crippen LogP contribution is -2.06. The van der Waals surface area contributed by atoms with Gasteiger partial charge in [0.1, 0.15) is 17.1 Å². The van der Waals surface area contributed by atoms with Crippen molar-refractivity contribution < 1.29 is 19.0 Å². The summed E-state index contributed by atoms with van der Waals surface area (Å²) < 4.78 is 15.4. The maximum absolute atomic E-state index is 12.0. The minimum atomic E-state index is -0.378. The molecule has 2 aromatic carbocycles. The molecule has 0 unspecified atom stereocenters. The van der Waals surface area contributed by atoms with Gasteiger partial charge in [0, 0.05) is 9.79 Å². The van der Waals surface area contributed by atoms with E-state index in [2.05, 4.69) is 0 Å². The predicted molar refractivity (Wildman–Crippen MR) is 86.1 cm³/mol. The molecule has 0 bridgehead atoms. The summed E-state index contributed by atoms with van der Waals surface area (Å²) in [5, 5.41) is 0. The van der Waals surface area contributed by atoms with Crippen LogP contribution < -0.4 is 9.47 Å². The second-order valence-corrected chi connectivity index (χ2v) is 5.51. The molecule has 0 atom stereocenters. The molecule has 2 rings (SSSR count). The lowest BCUT2D eigenvalue weighted by atomic mass is 10.2. The predicted octanol–water partition coefficient (Wildman–Crippen LogP) is 4.03. The number of hydrogen-bond donors (Lipinski definition) is 0. The van der Waals surface area contributed by atoms with Gasteiger partial charge in [0.05, 0.1) is 20.8 Å². The molecular weight excluding hydrogens is 300 g/mol. The molecular formula is C17H18O4S. The Morgan fingerprint density at radius 2 is 1.68 bits per heavy atom.